The Balaban J connectivity index is 2.24. The number of nitrogens with zero attached hydrogens (tertiary/aromatic N) is 2. The van der Waals surface area contributed by atoms with E-state index in [2.05, 4.69) is 22.6 Å². The molecule has 1 aromatic rings. The summed E-state index contributed by atoms with van der Waals surface area (Å²) in [5.74, 6) is -0.0283. The van der Waals surface area contributed by atoms with E-state index in [1.165, 1.54) is 0 Å². The molecule has 19 heavy (non-hydrogen) atoms. The standard InChI is InChI=1S/C14H17IN2O2/c1-16(2)14(19)12-8-5-9-17(12)13(18)10-6-3-4-7-11(10)15/h3-4,6-7,12H,5,8-9H2,1-2H3. The number of benzene rings is 1. The van der Waals surface area contributed by atoms with E-state index < -0.39 is 0 Å². The summed E-state index contributed by atoms with van der Waals surface area (Å²) in [4.78, 5) is 27.9. The molecule has 1 aliphatic heterocycles. The van der Waals surface area contributed by atoms with Crippen LogP contribution in [0.5, 0.6) is 0 Å². The number of likely N-dealkylation sites (N-methyl/N-ethyl adjacent to an activating group) is 1. The maximum Gasteiger partial charge on any atom is 0.255 e. The van der Waals surface area contributed by atoms with E-state index >= 15 is 0 Å². The van der Waals surface area contributed by atoms with E-state index in [0.717, 1.165) is 16.4 Å². The second kappa shape index (κ2) is 5.90. The maximum absolute atomic E-state index is 12.6. The van der Waals surface area contributed by atoms with E-state index in [-0.39, 0.29) is 17.9 Å². The molecule has 0 radical (unpaired) electrons. The molecule has 1 aliphatic rings. The van der Waals surface area contributed by atoms with Gasteiger partial charge in [0.05, 0.1) is 5.56 Å². The summed E-state index contributed by atoms with van der Waals surface area (Å²) in [7, 11) is 3.46. The topological polar surface area (TPSA) is 40.6 Å². The molecule has 1 atom stereocenters. The lowest BCUT2D eigenvalue weighted by atomic mass is 10.1. The number of halogens is 1. The Morgan fingerprint density at radius 3 is 2.63 bits per heavy atom. The van der Waals surface area contributed by atoms with Crippen molar-refractivity contribution in [3.8, 4) is 0 Å². The number of hydrogen-bond acceptors (Lipinski definition) is 2. The number of likely N-dealkylation sites (tertiary alicyclic amines) is 1. The third-order valence-electron chi connectivity index (χ3n) is 3.34. The second-order valence-electron chi connectivity index (χ2n) is 4.87. The van der Waals surface area contributed by atoms with Crippen LogP contribution in [-0.4, -0.2) is 48.3 Å². The van der Waals surface area contributed by atoms with Crippen LogP contribution in [0.2, 0.25) is 0 Å². The van der Waals surface area contributed by atoms with Crippen molar-refractivity contribution in [2.24, 2.45) is 0 Å². The minimum Gasteiger partial charge on any atom is -0.347 e. The third-order valence-corrected chi connectivity index (χ3v) is 4.28. The Hall–Kier alpha value is -1.11. The van der Waals surface area contributed by atoms with Crippen molar-refractivity contribution in [1.82, 2.24) is 9.80 Å². The van der Waals surface area contributed by atoms with Crippen molar-refractivity contribution >= 4 is 34.4 Å². The highest BCUT2D eigenvalue weighted by Crippen LogP contribution is 2.23. The molecule has 0 aliphatic carbocycles. The Morgan fingerprint density at radius 2 is 2.00 bits per heavy atom. The quantitative estimate of drug-likeness (QED) is 0.745. The summed E-state index contributed by atoms with van der Waals surface area (Å²) >= 11 is 2.16. The van der Waals surface area contributed by atoms with Gasteiger partial charge < -0.3 is 9.80 Å². The maximum atomic E-state index is 12.6. The van der Waals surface area contributed by atoms with Crippen molar-refractivity contribution in [3.63, 3.8) is 0 Å². The molecule has 1 unspecified atom stereocenters. The summed E-state index contributed by atoms with van der Waals surface area (Å²) < 4.78 is 0.924. The number of hydrogen-bond donors (Lipinski definition) is 0. The summed E-state index contributed by atoms with van der Waals surface area (Å²) in [6.07, 6.45) is 1.64. The fourth-order valence-electron chi connectivity index (χ4n) is 2.35. The minimum absolute atomic E-state index is 0.0109. The lowest BCUT2D eigenvalue weighted by Crippen LogP contribution is -2.45. The fraction of sp³-hybridized carbons (Fsp3) is 0.429. The van der Waals surface area contributed by atoms with E-state index in [1.54, 1.807) is 23.9 Å². The van der Waals surface area contributed by atoms with Gasteiger partial charge in [0.25, 0.3) is 5.91 Å². The van der Waals surface area contributed by atoms with E-state index in [4.69, 9.17) is 0 Å². The molecule has 1 saturated heterocycles. The van der Waals surface area contributed by atoms with Gasteiger partial charge in [-0.2, -0.15) is 0 Å². The largest absolute Gasteiger partial charge is 0.347 e. The molecule has 2 rings (SSSR count). The Bertz CT molecular complexity index is 502. The van der Waals surface area contributed by atoms with Gasteiger partial charge in [0.1, 0.15) is 6.04 Å². The molecule has 2 amide bonds. The van der Waals surface area contributed by atoms with Crippen molar-refractivity contribution in [1.29, 1.82) is 0 Å². The van der Waals surface area contributed by atoms with Gasteiger partial charge in [-0.3, -0.25) is 9.59 Å². The molecular weight excluding hydrogens is 355 g/mol. The van der Waals surface area contributed by atoms with Gasteiger partial charge in [-0.15, -0.1) is 0 Å². The van der Waals surface area contributed by atoms with Crippen LogP contribution in [0.15, 0.2) is 24.3 Å². The van der Waals surface area contributed by atoms with Gasteiger partial charge in [-0.1, -0.05) is 12.1 Å². The highest BCUT2D eigenvalue weighted by molar-refractivity contribution is 14.1. The molecule has 4 nitrogen and oxygen atoms in total. The van der Waals surface area contributed by atoms with Crippen LogP contribution in [0, 0.1) is 3.57 Å². The molecule has 0 spiro atoms. The smallest absolute Gasteiger partial charge is 0.255 e. The van der Waals surface area contributed by atoms with Crippen LogP contribution in [0.4, 0.5) is 0 Å². The summed E-state index contributed by atoms with van der Waals surface area (Å²) in [5, 5.41) is 0. The van der Waals surface area contributed by atoms with Crippen LogP contribution in [-0.2, 0) is 4.79 Å². The number of carbonyl (C=O) groups is 2. The van der Waals surface area contributed by atoms with Crippen LogP contribution in [0.1, 0.15) is 23.2 Å². The number of rotatable bonds is 2. The summed E-state index contributed by atoms with van der Waals surface area (Å²) in [6.45, 7) is 0.661. The van der Waals surface area contributed by atoms with E-state index in [0.29, 0.717) is 12.1 Å². The first-order valence-corrected chi connectivity index (χ1v) is 7.37. The average Bonchev–Trinajstić information content (AvgIpc) is 2.86. The average molecular weight is 372 g/mol. The first-order valence-electron chi connectivity index (χ1n) is 6.29. The third kappa shape index (κ3) is 2.91. The summed E-state index contributed by atoms with van der Waals surface area (Å²) in [6, 6.07) is 7.18. The van der Waals surface area contributed by atoms with Crippen LogP contribution >= 0.6 is 22.6 Å². The molecular formula is C14H17IN2O2. The monoisotopic (exact) mass is 372 g/mol. The van der Waals surface area contributed by atoms with Crippen LogP contribution < -0.4 is 0 Å². The number of carbonyl (C=O) groups excluding carboxylic acids is 2. The van der Waals surface area contributed by atoms with Gasteiger partial charge in [-0.05, 0) is 47.6 Å². The zero-order valence-electron chi connectivity index (χ0n) is 11.1. The molecule has 1 heterocycles. The van der Waals surface area contributed by atoms with Gasteiger partial charge in [0.2, 0.25) is 5.91 Å². The molecule has 5 heteroatoms. The van der Waals surface area contributed by atoms with Gasteiger partial charge in [0, 0.05) is 24.2 Å². The van der Waals surface area contributed by atoms with Gasteiger partial charge >= 0.3 is 0 Å². The molecule has 0 saturated carbocycles. The molecule has 1 aromatic carbocycles. The minimum atomic E-state index is -0.307. The molecule has 0 bridgehead atoms. The predicted octanol–water partition coefficient (Wildman–Crippen LogP) is 1.98. The predicted molar refractivity (Wildman–Crippen MR) is 81.9 cm³/mol. The normalized spacial score (nSPS) is 18.5. The van der Waals surface area contributed by atoms with E-state index in [1.807, 2.05) is 24.3 Å². The second-order valence-corrected chi connectivity index (χ2v) is 6.03. The Labute approximate surface area is 126 Å². The van der Waals surface area contributed by atoms with E-state index in [9.17, 15) is 9.59 Å². The van der Waals surface area contributed by atoms with Crippen LogP contribution in [0.3, 0.4) is 0 Å². The lowest BCUT2D eigenvalue weighted by molar-refractivity contribution is -0.132. The first-order chi connectivity index (χ1) is 9.02. The SMILES string of the molecule is CN(C)C(=O)C1CCCN1C(=O)c1ccccc1I. The number of amides is 2. The highest BCUT2D eigenvalue weighted by Gasteiger charge is 2.35. The Kier molecular flexibility index (Phi) is 4.44. The van der Waals surface area contributed by atoms with Crippen molar-refractivity contribution in [3.05, 3.63) is 33.4 Å². The molecule has 0 aromatic heterocycles. The van der Waals surface area contributed by atoms with Gasteiger partial charge in [-0.25, -0.2) is 0 Å². The zero-order chi connectivity index (χ0) is 14.0. The summed E-state index contributed by atoms with van der Waals surface area (Å²) in [5.41, 5.74) is 0.682. The molecule has 0 N–H and O–H groups in total. The van der Waals surface area contributed by atoms with Crippen molar-refractivity contribution < 1.29 is 9.59 Å². The fourth-order valence-corrected chi connectivity index (χ4v) is 2.97. The molecule has 102 valence electrons. The van der Waals surface area contributed by atoms with Gasteiger partial charge in [0.15, 0.2) is 0 Å². The highest BCUT2D eigenvalue weighted by atomic mass is 127. The van der Waals surface area contributed by atoms with Crippen molar-refractivity contribution in [2.75, 3.05) is 20.6 Å². The molecule has 1 fully saturated rings. The Morgan fingerprint density at radius 1 is 1.32 bits per heavy atom. The first kappa shape index (κ1) is 14.3. The van der Waals surface area contributed by atoms with Crippen LogP contribution in [0.25, 0.3) is 0 Å². The van der Waals surface area contributed by atoms with Crippen molar-refractivity contribution in [2.45, 2.75) is 18.9 Å². The lowest BCUT2D eigenvalue weighted by Gasteiger charge is -2.26. The zero-order valence-corrected chi connectivity index (χ0v) is 13.3.